The maximum absolute atomic E-state index is 12.8. The fourth-order valence-corrected chi connectivity index (χ4v) is 4.16. The number of carbonyl (C=O) groups is 3. The van der Waals surface area contributed by atoms with E-state index < -0.39 is 5.91 Å². The number of benzene rings is 2. The summed E-state index contributed by atoms with van der Waals surface area (Å²) >= 11 is 0. The molecule has 4 rings (SSSR count). The highest BCUT2D eigenvalue weighted by molar-refractivity contribution is 6.05. The van der Waals surface area contributed by atoms with Crippen molar-refractivity contribution in [1.82, 2.24) is 10.2 Å². The van der Waals surface area contributed by atoms with Crippen LogP contribution in [0.4, 0.5) is 17.1 Å². The van der Waals surface area contributed by atoms with E-state index in [1.807, 2.05) is 35.2 Å². The van der Waals surface area contributed by atoms with Gasteiger partial charge in [0.25, 0.3) is 11.8 Å². The van der Waals surface area contributed by atoms with Crippen LogP contribution in [0.3, 0.4) is 0 Å². The first kappa shape index (κ1) is 25.8. The van der Waals surface area contributed by atoms with Crippen molar-refractivity contribution in [2.45, 2.75) is 26.2 Å². The Morgan fingerprint density at radius 3 is 2.46 bits per heavy atom. The number of nitrogens with zero attached hydrogens (tertiary/aromatic N) is 1. The van der Waals surface area contributed by atoms with Crippen molar-refractivity contribution in [3.05, 3.63) is 77.7 Å². The lowest BCUT2D eigenvalue weighted by Crippen LogP contribution is -2.30. The fourth-order valence-electron chi connectivity index (χ4n) is 4.16. The Balaban J connectivity index is 1.37. The number of rotatable bonds is 12. The maximum atomic E-state index is 12.8. The second-order valence-corrected chi connectivity index (χ2v) is 8.94. The van der Waals surface area contributed by atoms with Crippen LogP contribution in [0.25, 0.3) is 0 Å². The third-order valence-corrected chi connectivity index (χ3v) is 6.10. The number of hydrogen-bond donors (Lipinski definition) is 4. The summed E-state index contributed by atoms with van der Waals surface area (Å²) in [4.78, 5) is 39.1. The van der Waals surface area contributed by atoms with Gasteiger partial charge in [-0.2, -0.15) is 0 Å². The van der Waals surface area contributed by atoms with Crippen LogP contribution >= 0.6 is 0 Å². The normalized spacial score (nSPS) is 12.9. The number of hydrogen-bond acceptors (Lipinski definition) is 6. The summed E-state index contributed by atoms with van der Waals surface area (Å²) < 4.78 is 5.45. The summed E-state index contributed by atoms with van der Waals surface area (Å²) in [7, 11) is 0. The van der Waals surface area contributed by atoms with Gasteiger partial charge < -0.3 is 30.6 Å². The van der Waals surface area contributed by atoms with E-state index in [2.05, 4.69) is 21.3 Å². The second-order valence-electron chi connectivity index (χ2n) is 8.94. The van der Waals surface area contributed by atoms with Gasteiger partial charge in [-0.25, -0.2) is 0 Å². The number of likely N-dealkylation sites (tertiary alicyclic amines) is 1. The van der Waals surface area contributed by atoms with Crippen LogP contribution in [0.1, 0.15) is 45.9 Å². The van der Waals surface area contributed by atoms with Crippen molar-refractivity contribution in [2.24, 2.45) is 0 Å². The Kier molecular flexibility index (Phi) is 8.80. The average Bonchev–Trinajstić information content (AvgIpc) is 3.53. The summed E-state index contributed by atoms with van der Waals surface area (Å²) in [5.41, 5.74) is 2.62. The number of nitrogens with one attached hydrogen (secondary N) is 4. The molecule has 1 saturated heterocycles. The van der Waals surface area contributed by atoms with Gasteiger partial charge in [-0.1, -0.05) is 18.2 Å². The number of carbonyl (C=O) groups excluding carboxylic acids is 3. The molecule has 0 unspecified atom stereocenters. The van der Waals surface area contributed by atoms with Gasteiger partial charge in [0.2, 0.25) is 5.91 Å². The fraction of sp³-hybridized carbons (Fsp3) is 0.321. The molecule has 1 aromatic heterocycles. The third-order valence-electron chi connectivity index (χ3n) is 6.10. The molecule has 37 heavy (non-hydrogen) atoms. The molecule has 1 aliphatic heterocycles. The van der Waals surface area contributed by atoms with Crippen molar-refractivity contribution >= 4 is 34.8 Å². The smallest absolute Gasteiger partial charge is 0.291 e. The Hall–Kier alpha value is -4.27. The van der Waals surface area contributed by atoms with E-state index in [0.717, 1.165) is 18.7 Å². The molecule has 9 nitrogen and oxygen atoms in total. The van der Waals surface area contributed by atoms with Gasteiger partial charge in [0, 0.05) is 50.4 Å². The van der Waals surface area contributed by atoms with Gasteiger partial charge in [0.05, 0.1) is 11.4 Å². The third kappa shape index (κ3) is 7.36. The molecule has 2 heterocycles. The highest BCUT2D eigenvalue weighted by Gasteiger charge is 2.19. The maximum Gasteiger partial charge on any atom is 0.291 e. The molecule has 9 heteroatoms. The van der Waals surface area contributed by atoms with Crippen LogP contribution in [0, 0.1) is 6.92 Å². The van der Waals surface area contributed by atoms with Gasteiger partial charge >= 0.3 is 0 Å². The summed E-state index contributed by atoms with van der Waals surface area (Å²) in [6.07, 6.45) is 2.20. The number of amides is 3. The largest absolute Gasteiger partial charge is 0.456 e. The summed E-state index contributed by atoms with van der Waals surface area (Å²) in [6, 6.07) is 18.4. The van der Waals surface area contributed by atoms with Gasteiger partial charge in [-0.3, -0.25) is 14.4 Å². The lowest BCUT2D eigenvalue weighted by atomic mass is 10.1. The minimum atomic E-state index is -0.397. The minimum Gasteiger partial charge on any atom is -0.456 e. The SMILES string of the molecule is Cc1ccc(C(=O)Nc2cc(C(=O)NCCCN3CCCC3=O)ccc2NCCNc2ccccc2)o1. The predicted molar refractivity (Wildman–Crippen MR) is 144 cm³/mol. The number of aryl methyl sites for hydroxylation is 1. The molecule has 0 aliphatic carbocycles. The number of furan rings is 1. The molecular formula is C28H33N5O4. The van der Waals surface area contributed by atoms with Crippen molar-refractivity contribution in [1.29, 1.82) is 0 Å². The first-order chi connectivity index (χ1) is 18.0. The van der Waals surface area contributed by atoms with E-state index in [0.29, 0.717) is 61.7 Å². The molecule has 0 bridgehead atoms. The highest BCUT2D eigenvalue weighted by Crippen LogP contribution is 2.24. The molecule has 0 radical (unpaired) electrons. The highest BCUT2D eigenvalue weighted by atomic mass is 16.3. The lowest BCUT2D eigenvalue weighted by Gasteiger charge is -2.16. The van der Waals surface area contributed by atoms with Gasteiger partial charge in [-0.05, 0) is 62.2 Å². The first-order valence-corrected chi connectivity index (χ1v) is 12.6. The zero-order valence-electron chi connectivity index (χ0n) is 21.0. The molecule has 1 aliphatic rings. The molecule has 2 aromatic carbocycles. The van der Waals surface area contributed by atoms with E-state index in [4.69, 9.17) is 4.42 Å². The van der Waals surface area contributed by atoms with E-state index in [-0.39, 0.29) is 17.6 Å². The Bertz CT molecular complexity index is 1220. The number of para-hydroxylation sites is 1. The van der Waals surface area contributed by atoms with Gasteiger partial charge in [0.15, 0.2) is 5.76 Å². The predicted octanol–water partition coefficient (Wildman–Crippen LogP) is 4.11. The summed E-state index contributed by atoms with van der Waals surface area (Å²) in [5, 5.41) is 12.4. The molecule has 3 aromatic rings. The van der Waals surface area contributed by atoms with Crippen molar-refractivity contribution in [2.75, 3.05) is 48.7 Å². The van der Waals surface area contributed by atoms with E-state index in [1.165, 1.54) is 0 Å². The average molecular weight is 504 g/mol. The van der Waals surface area contributed by atoms with Crippen LogP contribution in [0.2, 0.25) is 0 Å². The Morgan fingerprint density at radius 1 is 0.919 bits per heavy atom. The quantitative estimate of drug-likeness (QED) is 0.277. The van der Waals surface area contributed by atoms with E-state index >= 15 is 0 Å². The Labute approximate surface area is 216 Å². The number of anilines is 3. The van der Waals surface area contributed by atoms with Crippen molar-refractivity contribution in [3.63, 3.8) is 0 Å². The molecule has 3 amide bonds. The molecular weight excluding hydrogens is 470 g/mol. The van der Waals surface area contributed by atoms with Crippen molar-refractivity contribution < 1.29 is 18.8 Å². The topological polar surface area (TPSA) is 116 Å². The molecule has 0 spiro atoms. The molecule has 0 saturated carbocycles. The second kappa shape index (κ2) is 12.6. The van der Waals surface area contributed by atoms with Crippen LogP contribution in [-0.2, 0) is 4.79 Å². The van der Waals surface area contributed by atoms with Crippen LogP contribution in [0.15, 0.2) is 65.1 Å². The lowest BCUT2D eigenvalue weighted by molar-refractivity contribution is -0.127. The Morgan fingerprint density at radius 2 is 1.73 bits per heavy atom. The zero-order valence-corrected chi connectivity index (χ0v) is 21.0. The molecule has 1 fully saturated rings. The van der Waals surface area contributed by atoms with Crippen LogP contribution in [-0.4, -0.2) is 55.3 Å². The summed E-state index contributed by atoms with van der Waals surface area (Å²) in [6.45, 7) is 4.92. The molecule has 0 atom stereocenters. The zero-order chi connectivity index (χ0) is 26.0. The molecule has 194 valence electrons. The van der Waals surface area contributed by atoms with Gasteiger partial charge in [0.1, 0.15) is 5.76 Å². The molecule has 4 N–H and O–H groups in total. The van der Waals surface area contributed by atoms with E-state index in [9.17, 15) is 14.4 Å². The standard InChI is InChI=1S/C28H33N5O4/c1-20-10-13-25(37-20)28(36)32-24-19-21(27(35)31-14-6-18-33-17-5-9-26(33)34)11-12-23(24)30-16-15-29-22-7-3-2-4-8-22/h2-4,7-8,10-13,19,29-30H,5-6,9,14-18H2,1H3,(H,31,35)(H,32,36). The van der Waals surface area contributed by atoms with E-state index in [1.54, 1.807) is 37.3 Å². The van der Waals surface area contributed by atoms with Gasteiger partial charge in [-0.15, -0.1) is 0 Å². The van der Waals surface area contributed by atoms with Crippen LogP contribution < -0.4 is 21.3 Å². The van der Waals surface area contributed by atoms with Crippen LogP contribution in [0.5, 0.6) is 0 Å². The summed E-state index contributed by atoms with van der Waals surface area (Å²) in [5.74, 6) is 0.376. The first-order valence-electron chi connectivity index (χ1n) is 12.6. The monoisotopic (exact) mass is 503 g/mol. The minimum absolute atomic E-state index is 0.181. The van der Waals surface area contributed by atoms with Crippen molar-refractivity contribution in [3.8, 4) is 0 Å².